The Balaban J connectivity index is 1.85. The van der Waals surface area contributed by atoms with Crippen molar-refractivity contribution in [2.75, 3.05) is 7.11 Å². The molecule has 0 unspecified atom stereocenters. The molecule has 3 N–H and O–H groups in total. The Kier molecular flexibility index (Phi) is 8.30. The number of carbonyl (C=O) groups is 2. The highest BCUT2D eigenvalue weighted by molar-refractivity contribution is 9.10. The zero-order chi connectivity index (χ0) is 25.4. The Labute approximate surface area is 208 Å². The molecule has 0 bridgehead atoms. The number of non-ortho nitro benzene ring substituents is 1. The zero-order valence-corrected chi connectivity index (χ0v) is 19.9. The SMILES string of the molecule is COc1cc(Br)cc(/C=N\NC(=O)/C(=C/c2ccc([N+](=O)[O-])cc2)NC(=O)c2ccccc2)c1O. The van der Waals surface area contributed by atoms with Gasteiger partial charge in [0.2, 0.25) is 0 Å². The minimum absolute atomic E-state index is 0.115. The molecular weight excluding hydrogens is 520 g/mol. The molecule has 2 amide bonds. The maximum Gasteiger partial charge on any atom is 0.287 e. The molecule has 35 heavy (non-hydrogen) atoms. The van der Waals surface area contributed by atoms with E-state index in [4.69, 9.17) is 4.74 Å². The van der Waals surface area contributed by atoms with Crippen LogP contribution in [0.1, 0.15) is 21.5 Å². The quantitative estimate of drug-likeness (QED) is 0.171. The molecule has 0 atom stereocenters. The Morgan fingerprint density at radius 2 is 1.80 bits per heavy atom. The number of hydrazone groups is 1. The molecule has 3 aromatic carbocycles. The summed E-state index contributed by atoms with van der Waals surface area (Å²) in [6.45, 7) is 0. The predicted octanol–water partition coefficient (Wildman–Crippen LogP) is 3.99. The fraction of sp³-hybridized carbons (Fsp3) is 0.0417. The number of nitro groups is 1. The molecule has 0 radical (unpaired) electrons. The summed E-state index contributed by atoms with van der Waals surface area (Å²) < 4.78 is 5.70. The van der Waals surface area contributed by atoms with Crippen molar-refractivity contribution in [3.63, 3.8) is 0 Å². The number of halogens is 1. The van der Waals surface area contributed by atoms with Crippen LogP contribution in [0.3, 0.4) is 0 Å². The van der Waals surface area contributed by atoms with Crippen molar-refractivity contribution in [1.82, 2.24) is 10.7 Å². The van der Waals surface area contributed by atoms with E-state index >= 15 is 0 Å². The summed E-state index contributed by atoms with van der Waals surface area (Å²) in [7, 11) is 1.40. The number of rotatable bonds is 8. The number of aromatic hydroxyl groups is 1. The number of amides is 2. The molecule has 11 heteroatoms. The van der Waals surface area contributed by atoms with Crippen molar-refractivity contribution >= 4 is 45.7 Å². The van der Waals surface area contributed by atoms with Gasteiger partial charge in [0.15, 0.2) is 11.5 Å². The van der Waals surface area contributed by atoms with Crippen molar-refractivity contribution < 1.29 is 24.4 Å². The van der Waals surface area contributed by atoms with Gasteiger partial charge in [-0.25, -0.2) is 5.43 Å². The third kappa shape index (κ3) is 6.74. The first-order valence-corrected chi connectivity index (χ1v) is 10.8. The second-order valence-corrected chi connectivity index (χ2v) is 7.89. The summed E-state index contributed by atoms with van der Waals surface area (Å²) in [6.07, 6.45) is 2.57. The smallest absolute Gasteiger partial charge is 0.287 e. The number of benzene rings is 3. The number of phenols is 1. The Hall–Kier alpha value is -4.51. The van der Waals surface area contributed by atoms with E-state index in [1.165, 1.54) is 43.7 Å². The molecule has 0 aromatic heterocycles. The summed E-state index contributed by atoms with van der Waals surface area (Å²) in [5.74, 6) is -1.26. The van der Waals surface area contributed by atoms with Crippen LogP contribution in [-0.4, -0.2) is 35.2 Å². The number of nitrogens with zero attached hydrogens (tertiary/aromatic N) is 2. The van der Waals surface area contributed by atoms with E-state index in [1.54, 1.807) is 42.5 Å². The lowest BCUT2D eigenvalue weighted by molar-refractivity contribution is -0.384. The van der Waals surface area contributed by atoms with Crippen molar-refractivity contribution in [2.45, 2.75) is 0 Å². The number of nitro benzene ring substituents is 1. The molecule has 0 aliphatic rings. The van der Waals surface area contributed by atoms with E-state index in [0.717, 1.165) is 0 Å². The highest BCUT2D eigenvalue weighted by Crippen LogP contribution is 2.32. The van der Waals surface area contributed by atoms with Gasteiger partial charge >= 0.3 is 0 Å². The third-order valence-electron chi connectivity index (χ3n) is 4.60. The van der Waals surface area contributed by atoms with E-state index in [0.29, 0.717) is 15.6 Å². The van der Waals surface area contributed by atoms with Crippen LogP contribution in [0.4, 0.5) is 5.69 Å². The van der Waals surface area contributed by atoms with Gasteiger partial charge in [0.05, 0.1) is 18.2 Å². The van der Waals surface area contributed by atoms with Crippen LogP contribution in [0.5, 0.6) is 11.5 Å². The van der Waals surface area contributed by atoms with Crippen molar-refractivity contribution in [1.29, 1.82) is 0 Å². The maximum absolute atomic E-state index is 12.8. The van der Waals surface area contributed by atoms with E-state index < -0.39 is 16.7 Å². The van der Waals surface area contributed by atoms with Crippen LogP contribution >= 0.6 is 15.9 Å². The molecule has 178 valence electrons. The summed E-state index contributed by atoms with van der Waals surface area (Å²) >= 11 is 3.29. The molecule has 3 rings (SSSR count). The number of methoxy groups -OCH3 is 1. The Bertz CT molecular complexity index is 1310. The van der Waals surface area contributed by atoms with Crippen LogP contribution in [0.25, 0.3) is 6.08 Å². The van der Waals surface area contributed by atoms with Crippen LogP contribution in [0.2, 0.25) is 0 Å². The average molecular weight is 539 g/mol. The normalized spacial score (nSPS) is 11.2. The number of ether oxygens (including phenoxy) is 1. The molecule has 0 saturated heterocycles. The molecule has 0 heterocycles. The van der Waals surface area contributed by atoms with Crippen LogP contribution in [-0.2, 0) is 4.79 Å². The molecule has 3 aromatic rings. The van der Waals surface area contributed by atoms with Gasteiger partial charge in [-0.2, -0.15) is 5.10 Å². The van der Waals surface area contributed by atoms with Crippen molar-refractivity contribution in [3.05, 3.63) is 104 Å². The monoisotopic (exact) mass is 538 g/mol. The number of nitrogens with one attached hydrogen (secondary N) is 2. The van der Waals surface area contributed by atoms with Crippen LogP contribution < -0.4 is 15.5 Å². The zero-order valence-electron chi connectivity index (χ0n) is 18.3. The number of hydrogen-bond acceptors (Lipinski definition) is 7. The van der Waals surface area contributed by atoms with E-state index in [1.807, 2.05) is 0 Å². The fourth-order valence-electron chi connectivity index (χ4n) is 2.87. The number of carbonyl (C=O) groups excluding carboxylic acids is 2. The first kappa shape index (κ1) is 25.1. The molecule has 0 aliphatic heterocycles. The van der Waals surface area contributed by atoms with Gasteiger partial charge in [-0.1, -0.05) is 34.1 Å². The Morgan fingerprint density at radius 3 is 2.43 bits per heavy atom. The van der Waals surface area contributed by atoms with Gasteiger partial charge in [-0.15, -0.1) is 0 Å². The standard InChI is InChI=1S/C24H19BrN4O6/c1-35-21-13-18(25)12-17(22(21)30)14-26-28-24(32)20(27-23(31)16-5-3-2-4-6-16)11-15-7-9-19(10-8-15)29(33)34/h2-14,30H,1H3,(H,27,31)(H,28,32)/b20-11-,26-14-. The lowest BCUT2D eigenvalue weighted by Crippen LogP contribution is -2.32. The van der Waals surface area contributed by atoms with Gasteiger partial charge in [-0.05, 0) is 48.0 Å². The minimum Gasteiger partial charge on any atom is -0.504 e. The third-order valence-corrected chi connectivity index (χ3v) is 5.06. The first-order chi connectivity index (χ1) is 16.8. The topological polar surface area (TPSA) is 143 Å². The Morgan fingerprint density at radius 1 is 1.11 bits per heavy atom. The fourth-order valence-corrected chi connectivity index (χ4v) is 3.32. The summed E-state index contributed by atoms with van der Waals surface area (Å²) in [5, 5.41) is 27.5. The summed E-state index contributed by atoms with van der Waals surface area (Å²) in [5.41, 5.74) is 3.06. The maximum atomic E-state index is 12.8. The predicted molar refractivity (Wildman–Crippen MR) is 133 cm³/mol. The van der Waals surface area contributed by atoms with Gasteiger partial charge < -0.3 is 15.2 Å². The second-order valence-electron chi connectivity index (χ2n) is 6.97. The molecular formula is C24H19BrN4O6. The summed E-state index contributed by atoms with van der Waals surface area (Å²) in [6, 6.07) is 16.8. The highest BCUT2D eigenvalue weighted by Gasteiger charge is 2.15. The molecule has 0 aliphatic carbocycles. The molecule has 0 fully saturated rings. The minimum atomic E-state index is -0.759. The largest absolute Gasteiger partial charge is 0.504 e. The molecule has 0 spiro atoms. The lowest BCUT2D eigenvalue weighted by Gasteiger charge is -2.10. The highest BCUT2D eigenvalue weighted by atomic mass is 79.9. The second kappa shape index (κ2) is 11.6. The van der Waals surface area contributed by atoms with E-state index in [2.05, 4.69) is 31.8 Å². The van der Waals surface area contributed by atoms with Crippen LogP contribution in [0, 0.1) is 10.1 Å². The lowest BCUT2D eigenvalue weighted by atomic mass is 10.1. The van der Waals surface area contributed by atoms with Gasteiger partial charge in [0.25, 0.3) is 17.5 Å². The van der Waals surface area contributed by atoms with Crippen molar-refractivity contribution in [3.8, 4) is 11.5 Å². The van der Waals surface area contributed by atoms with Gasteiger partial charge in [-0.3, -0.25) is 19.7 Å². The van der Waals surface area contributed by atoms with Gasteiger partial charge in [0, 0.05) is 27.7 Å². The van der Waals surface area contributed by atoms with Crippen LogP contribution in [0.15, 0.2) is 82.0 Å². The number of hydrogen-bond donors (Lipinski definition) is 3. The van der Waals surface area contributed by atoms with Crippen molar-refractivity contribution in [2.24, 2.45) is 5.10 Å². The summed E-state index contributed by atoms with van der Waals surface area (Å²) in [4.78, 5) is 35.8. The average Bonchev–Trinajstić information content (AvgIpc) is 2.86. The number of phenolic OH excluding ortho intramolecular Hbond substituents is 1. The van der Waals surface area contributed by atoms with E-state index in [-0.39, 0.29) is 28.4 Å². The first-order valence-electron chi connectivity index (χ1n) is 10.0. The molecule has 0 saturated carbocycles. The molecule has 10 nitrogen and oxygen atoms in total. The van der Waals surface area contributed by atoms with E-state index in [9.17, 15) is 24.8 Å². The van der Waals surface area contributed by atoms with Gasteiger partial charge in [0.1, 0.15) is 5.70 Å².